The van der Waals surface area contributed by atoms with Crippen molar-refractivity contribution in [3.05, 3.63) is 21.1 Å². The lowest BCUT2D eigenvalue weighted by molar-refractivity contribution is -0.122. The predicted molar refractivity (Wildman–Crippen MR) is 74.4 cm³/mol. The van der Waals surface area contributed by atoms with Crippen molar-refractivity contribution >= 4 is 57.5 Å². The van der Waals surface area contributed by atoms with Gasteiger partial charge in [-0.3, -0.25) is 4.79 Å². The van der Waals surface area contributed by atoms with Crippen LogP contribution in [0.15, 0.2) is 26.0 Å². The Morgan fingerprint density at radius 1 is 1.39 bits per heavy atom. The quantitative estimate of drug-likeness (QED) is 0.757. The predicted octanol–water partition coefficient (Wildman–Crippen LogP) is 2.26. The highest BCUT2D eigenvalue weighted by molar-refractivity contribution is 9.11. The minimum Gasteiger partial charge on any atom is -0.481 e. The molecule has 0 atom stereocenters. The third-order valence-corrected chi connectivity index (χ3v) is 4.39. The van der Waals surface area contributed by atoms with Gasteiger partial charge in [-0.25, -0.2) is 8.42 Å². The molecule has 0 aliphatic carbocycles. The number of nitrogens with one attached hydrogen (secondary N) is 1. The average molecular weight is 421 g/mol. The number of carbonyl (C=O) groups excluding carboxylic acids is 1. The van der Waals surface area contributed by atoms with Crippen LogP contribution in [0.4, 0.5) is 0 Å². The normalized spacial score (nSPS) is 11.1. The molecule has 0 aliphatic rings. The van der Waals surface area contributed by atoms with Crippen molar-refractivity contribution in [1.29, 1.82) is 0 Å². The van der Waals surface area contributed by atoms with E-state index in [2.05, 4.69) is 37.2 Å². The fourth-order valence-electron chi connectivity index (χ4n) is 1.03. The first-order valence-corrected chi connectivity index (χ1v) is 8.42. The monoisotopic (exact) mass is 419 g/mol. The third kappa shape index (κ3) is 4.11. The van der Waals surface area contributed by atoms with Gasteiger partial charge in [0.1, 0.15) is 5.75 Å². The largest absolute Gasteiger partial charge is 0.481 e. The Labute approximate surface area is 126 Å². The molecule has 0 aromatic heterocycles. The molecule has 0 fully saturated rings. The summed E-state index contributed by atoms with van der Waals surface area (Å²) in [6.07, 6.45) is 0. The van der Waals surface area contributed by atoms with Crippen molar-refractivity contribution in [1.82, 2.24) is 5.32 Å². The van der Waals surface area contributed by atoms with E-state index in [4.69, 9.17) is 15.4 Å². The van der Waals surface area contributed by atoms with Gasteiger partial charge < -0.3 is 10.1 Å². The van der Waals surface area contributed by atoms with Gasteiger partial charge in [-0.05, 0) is 44.0 Å². The highest BCUT2D eigenvalue weighted by Gasteiger charge is 2.17. The first-order chi connectivity index (χ1) is 8.25. The van der Waals surface area contributed by atoms with Gasteiger partial charge in [0.15, 0.2) is 6.61 Å². The highest BCUT2D eigenvalue weighted by Crippen LogP contribution is 2.36. The molecule has 1 aromatic carbocycles. The van der Waals surface area contributed by atoms with Gasteiger partial charge in [-0.2, -0.15) is 0 Å². The molecule has 0 spiro atoms. The minimum absolute atomic E-state index is 0.0739. The van der Waals surface area contributed by atoms with Crippen LogP contribution in [0.3, 0.4) is 0 Å². The summed E-state index contributed by atoms with van der Waals surface area (Å²) in [4.78, 5) is 11.0. The second-order valence-electron chi connectivity index (χ2n) is 3.12. The minimum atomic E-state index is -3.82. The molecule has 0 bridgehead atoms. The van der Waals surface area contributed by atoms with Crippen LogP contribution in [0.5, 0.6) is 5.75 Å². The van der Waals surface area contributed by atoms with E-state index in [-0.39, 0.29) is 17.4 Å². The van der Waals surface area contributed by atoms with E-state index in [1.165, 1.54) is 19.2 Å². The maximum Gasteiger partial charge on any atom is 0.261 e. The first kappa shape index (κ1) is 15.7. The number of benzene rings is 1. The maximum atomic E-state index is 11.2. The van der Waals surface area contributed by atoms with Crippen LogP contribution in [0, 0.1) is 0 Å². The summed E-state index contributed by atoms with van der Waals surface area (Å²) in [6, 6.07) is 2.60. The molecule has 0 unspecified atom stereocenters. The number of hydrogen-bond donors (Lipinski definition) is 1. The van der Waals surface area contributed by atoms with Crippen LogP contribution >= 0.6 is 42.5 Å². The molecule has 0 saturated heterocycles. The van der Waals surface area contributed by atoms with Crippen molar-refractivity contribution in [3.8, 4) is 5.75 Å². The Morgan fingerprint density at radius 2 is 1.89 bits per heavy atom. The zero-order valence-corrected chi connectivity index (χ0v) is 13.8. The first-order valence-electron chi connectivity index (χ1n) is 4.52. The number of amides is 1. The van der Waals surface area contributed by atoms with E-state index in [0.29, 0.717) is 14.7 Å². The fraction of sp³-hybridized carbons (Fsp3) is 0.222. The molecule has 1 amide bonds. The summed E-state index contributed by atoms with van der Waals surface area (Å²) in [7, 11) is 2.89. The van der Waals surface area contributed by atoms with E-state index < -0.39 is 9.05 Å². The van der Waals surface area contributed by atoms with Crippen LogP contribution in [-0.4, -0.2) is 28.0 Å². The standard InChI is InChI=1S/C9H8Br2ClNO4S/c1-13-8(14)4-17-9-6(10)2-5(3-7(9)11)18(12,15)16/h2-3H,4H2,1H3,(H,13,14). The molecule has 0 saturated carbocycles. The summed E-state index contributed by atoms with van der Waals surface area (Å²) in [5, 5.41) is 2.40. The molecule has 0 radical (unpaired) electrons. The second-order valence-corrected chi connectivity index (χ2v) is 7.39. The third-order valence-electron chi connectivity index (χ3n) is 1.88. The molecule has 18 heavy (non-hydrogen) atoms. The molecule has 1 rings (SSSR count). The van der Waals surface area contributed by atoms with Crippen molar-refractivity contribution in [2.45, 2.75) is 4.90 Å². The second kappa shape index (κ2) is 6.23. The summed E-state index contributed by atoms with van der Waals surface area (Å²) < 4.78 is 28.4. The molecular weight excluding hydrogens is 413 g/mol. The van der Waals surface area contributed by atoms with Gasteiger partial charge in [0, 0.05) is 17.7 Å². The highest BCUT2D eigenvalue weighted by atomic mass is 79.9. The lowest BCUT2D eigenvalue weighted by Gasteiger charge is -2.10. The van der Waals surface area contributed by atoms with Crippen LogP contribution in [-0.2, 0) is 13.8 Å². The molecular formula is C9H8Br2ClNO4S. The Bertz CT molecular complexity index is 553. The van der Waals surface area contributed by atoms with Gasteiger partial charge in [0.2, 0.25) is 0 Å². The van der Waals surface area contributed by atoms with E-state index in [0.717, 1.165) is 0 Å². The smallest absolute Gasteiger partial charge is 0.261 e. The van der Waals surface area contributed by atoms with Crippen LogP contribution < -0.4 is 10.1 Å². The molecule has 1 N–H and O–H groups in total. The van der Waals surface area contributed by atoms with Crippen LogP contribution in [0.1, 0.15) is 0 Å². The number of carbonyl (C=O) groups is 1. The van der Waals surface area contributed by atoms with Gasteiger partial charge in [0.05, 0.1) is 13.8 Å². The van der Waals surface area contributed by atoms with E-state index >= 15 is 0 Å². The molecule has 5 nitrogen and oxygen atoms in total. The van der Waals surface area contributed by atoms with Crippen molar-refractivity contribution in [2.24, 2.45) is 0 Å². The van der Waals surface area contributed by atoms with E-state index in [1.54, 1.807) is 0 Å². The number of halogens is 3. The average Bonchev–Trinajstić information content (AvgIpc) is 2.26. The molecule has 100 valence electrons. The van der Waals surface area contributed by atoms with Gasteiger partial charge in [0.25, 0.3) is 15.0 Å². The van der Waals surface area contributed by atoms with Crippen molar-refractivity contribution in [3.63, 3.8) is 0 Å². The summed E-state index contributed by atoms with van der Waals surface area (Å²) in [6.45, 7) is -0.180. The zero-order valence-electron chi connectivity index (χ0n) is 9.04. The zero-order chi connectivity index (χ0) is 13.9. The SMILES string of the molecule is CNC(=O)COc1c(Br)cc(S(=O)(=O)Cl)cc1Br. The number of rotatable bonds is 4. The van der Waals surface area contributed by atoms with Crippen molar-refractivity contribution < 1.29 is 17.9 Å². The fourth-order valence-corrected chi connectivity index (χ4v) is 3.53. The van der Waals surface area contributed by atoms with Gasteiger partial charge in [-0.15, -0.1) is 0 Å². The maximum absolute atomic E-state index is 11.2. The Kier molecular flexibility index (Phi) is 5.45. The van der Waals surface area contributed by atoms with E-state index in [1.807, 2.05) is 0 Å². The van der Waals surface area contributed by atoms with Gasteiger partial charge in [-0.1, -0.05) is 0 Å². The lowest BCUT2D eigenvalue weighted by atomic mass is 10.3. The number of hydrogen-bond acceptors (Lipinski definition) is 4. The Balaban J connectivity index is 3.06. The Morgan fingerprint density at radius 3 is 2.28 bits per heavy atom. The van der Waals surface area contributed by atoms with E-state index in [9.17, 15) is 13.2 Å². The molecule has 9 heteroatoms. The summed E-state index contributed by atoms with van der Waals surface area (Å²) in [5.74, 6) is 0.0190. The summed E-state index contributed by atoms with van der Waals surface area (Å²) in [5.41, 5.74) is 0. The number of likely N-dealkylation sites (N-methyl/N-ethyl adjacent to an activating group) is 1. The summed E-state index contributed by atoms with van der Waals surface area (Å²) >= 11 is 6.31. The topological polar surface area (TPSA) is 72.5 Å². The van der Waals surface area contributed by atoms with Crippen LogP contribution in [0.2, 0.25) is 0 Å². The lowest BCUT2D eigenvalue weighted by Crippen LogP contribution is -2.25. The Hall–Kier alpha value is -0.310. The molecule has 1 aromatic rings. The molecule has 0 heterocycles. The van der Waals surface area contributed by atoms with Gasteiger partial charge >= 0.3 is 0 Å². The van der Waals surface area contributed by atoms with Crippen molar-refractivity contribution in [2.75, 3.05) is 13.7 Å². The molecule has 0 aliphatic heterocycles. The van der Waals surface area contributed by atoms with Crippen LogP contribution in [0.25, 0.3) is 0 Å². The number of ether oxygens (including phenoxy) is 1.